The quantitative estimate of drug-likeness (QED) is 0.746. The molecule has 144 valence electrons. The lowest BCUT2D eigenvalue weighted by molar-refractivity contribution is 0.102. The summed E-state index contributed by atoms with van der Waals surface area (Å²) in [5, 5.41) is 6.10. The van der Waals surface area contributed by atoms with Gasteiger partial charge in [-0.2, -0.15) is 0 Å². The molecule has 0 bridgehead atoms. The third-order valence-corrected chi connectivity index (χ3v) is 4.43. The van der Waals surface area contributed by atoms with Crippen LogP contribution in [0.25, 0.3) is 0 Å². The van der Waals surface area contributed by atoms with E-state index in [0.717, 1.165) is 17.9 Å². The number of nitrogens with two attached hydrogens (primary N) is 1. The first-order valence-electron chi connectivity index (χ1n) is 8.40. The van der Waals surface area contributed by atoms with Gasteiger partial charge >= 0.3 is 6.03 Å². The van der Waals surface area contributed by atoms with E-state index in [4.69, 9.17) is 10.5 Å². The number of halogens is 1. The lowest BCUT2D eigenvalue weighted by atomic mass is 10.0. The van der Waals surface area contributed by atoms with Crippen LogP contribution in [0, 0.1) is 0 Å². The minimum atomic E-state index is -0.433. The number of piperazine rings is 1. The third-order valence-electron chi connectivity index (χ3n) is 4.43. The number of ether oxygens (including phenoxy) is 1. The van der Waals surface area contributed by atoms with Crippen molar-refractivity contribution in [1.82, 2.24) is 10.2 Å². The molecule has 2 aromatic rings. The Morgan fingerprint density at radius 1 is 1.15 bits per heavy atom. The molecule has 1 atom stereocenters. The second kappa shape index (κ2) is 9.25. The van der Waals surface area contributed by atoms with E-state index in [0.29, 0.717) is 24.3 Å². The molecule has 0 saturated carbocycles. The van der Waals surface area contributed by atoms with Crippen molar-refractivity contribution in [2.75, 3.05) is 32.1 Å². The van der Waals surface area contributed by atoms with Crippen LogP contribution in [0.15, 0.2) is 48.5 Å². The van der Waals surface area contributed by atoms with Crippen molar-refractivity contribution in [2.24, 2.45) is 5.73 Å². The van der Waals surface area contributed by atoms with Gasteiger partial charge in [0.2, 0.25) is 0 Å². The molecule has 0 radical (unpaired) electrons. The van der Waals surface area contributed by atoms with Gasteiger partial charge in [-0.1, -0.05) is 12.1 Å². The molecule has 7 nitrogen and oxygen atoms in total. The zero-order valence-electron chi connectivity index (χ0n) is 15.0. The number of primary amides is 1. The SMILES string of the molecule is COc1ccc(NC(=O)c2ccc(C3CNCCN3C(N)=O)cc2)cc1.Cl. The van der Waals surface area contributed by atoms with Gasteiger partial charge in [0.15, 0.2) is 0 Å². The number of hydrogen-bond acceptors (Lipinski definition) is 4. The van der Waals surface area contributed by atoms with Crippen molar-refractivity contribution in [1.29, 1.82) is 0 Å². The normalized spacial score (nSPS) is 16.2. The fraction of sp³-hybridized carbons (Fsp3) is 0.263. The average Bonchev–Trinajstić information content (AvgIpc) is 2.68. The van der Waals surface area contributed by atoms with Crippen LogP contribution in [-0.4, -0.2) is 43.6 Å². The van der Waals surface area contributed by atoms with Crippen LogP contribution < -0.4 is 21.1 Å². The van der Waals surface area contributed by atoms with Gasteiger partial charge in [-0.15, -0.1) is 12.4 Å². The smallest absolute Gasteiger partial charge is 0.315 e. The zero-order chi connectivity index (χ0) is 18.5. The number of nitrogens with zero attached hydrogens (tertiary/aromatic N) is 1. The van der Waals surface area contributed by atoms with Crippen LogP contribution in [0.1, 0.15) is 22.0 Å². The lowest BCUT2D eigenvalue weighted by Gasteiger charge is -2.35. The monoisotopic (exact) mass is 390 g/mol. The second-order valence-electron chi connectivity index (χ2n) is 6.06. The summed E-state index contributed by atoms with van der Waals surface area (Å²) in [6.07, 6.45) is 0. The summed E-state index contributed by atoms with van der Waals surface area (Å²) >= 11 is 0. The minimum absolute atomic E-state index is 0. The van der Waals surface area contributed by atoms with E-state index in [1.54, 1.807) is 48.4 Å². The standard InChI is InChI=1S/C19H22N4O3.ClH/c1-26-16-8-6-15(7-9-16)22-18(24)14-4-2-13(3-5-14)17-12-21-10-11-23(17)19(20)25;/h2-9,17,21H,10-12H2,1H3,(H2,20,25)(H,22,24);1H. The van der Waals surface area contributed by atoms with Gasteiger partial charge in [-0.25, -0.2) is 4.79 Å². The first-order valence-corrected chi connectivity index (χ1v) is 8.40. The molecule has 1 unspecified atom stereocenters. The molecule has 27 heavy (non-hydrogen) atoms. The molecule has 0 spiro atoms. The molecular formula is C19H23ClN4O3. The summed E-state index contributed by atoms with van der Waals surface area (Å²) < 4.78 is 5.10. The molecule has 1 fully saturated rings. The summed E-state index contributed by atoms with van der Waals surface area (Å²) in [5.41, 5.74) is 7.64. The average molecular weight is 391 g/mol. The first-order chi connectivity index (χ1) is 12.6. The number of benzene rings is 2. The predicted octanol–water partition coefficient (Wildman–Crippen LogP) is 2.39. The van der Waals surface area contributed by atoms with Gasteiger partial charge < -0.3 is 26.0 Å². The van der Waals surface area contributed by atoms with Gasteiger partial charge in [0.05, 0.1) is 13.2 Å². The van der Waals surface area contributed by atoms with Crippen LogP contribution >= 0.6 is 12.4 Å². The van der Waals surface area contributed by atoms with E-state index in [-0.39, 0.29) is 24.4 Å². The van der Waals surface area contributed by atoms with Crippen molar-refractivity contribution in [3.05, 3.63) is 59.7 Å². The fourth-order valence-corrected chi connectivity index (χ4v) is 3.00. The number of hydrogen-bond donors (Lipinski definition) is 3. The van der Waals surface area contributed by atoms with Crippen molar-refractivity contribution >= 4 is 30.0 Å². The number of carbonyl (C=O) groups is 2. The van der Waals surface area contributed by atoms with Gasteiger partial charge in [0.25, 0.3) is 5.91 Å². The highest BCUT2D eigenvalue weighted by atomic mass is 35.5. The van der Waals surface area contributed by atoms with Crippen LogP contribution in [0.2, 0.25) is 0 Å². The molecular weight excluding hydrogens is 368 g/mol. The van der Waals surface area contributed by atoms with Crippen molar-refractivity contribution in [3.8, 4) is 5.75 Å². The maximum Gasteiger partial charge on any atom is 0.315 e. The predicted molar refractivity (Wildman–Crippen MR) is 107 cm³/mol. The second-order valence-corrected chi connectivity index (χ2v) is 6.06. The zero-order valence-corrected chi connectivity index (χ0v) is 15.8. The maximum absolute atomic E-state index is 12.4. The Kier molecular flexibility index (Phi) is 7.04. The lowest BCUT2D eigenvalue weighted by Crippen LogP contribution is -2.50. The maximum atomic E-state index is 12.4. The molecule has 1 aliphatic rings. The van der Waals surface area contributed by atoms with Crippen molar-refractivity contribution < 1.29 is 14.3 Å². The Morgan fingerprint density at radius 3 is 2.41 bits per heavy atom. The van der Waals surface area contributed by atoms with Crippen molar-refractivity contribution in [2.45, 2.75) is 6.04 Å². The molecule has 1 aliphatic heterocycles. The van der Waals surface area contributed by atoms with Gasteiger partial charge in [-0.05, 0) is 42.0 Å². The van der Waals surface area contributed by atoms with Crippen LogP contribution in [0.3, 0.4) is 0 Å². The van der Waals surface area contributed by atoms with Crippen LogP contribution in [0.5, 0.6) is 5.75 Å². The highest BCUT2D eigenvalue weighted by molar-refractivity contribution is 6.04. The van der Waals surface area contributed by atoms with Gasteiger partial charge in [0.1, 0.15) is 5.75 Å². The molecule has 1 heterocycles. The van der Waals surface area contributed by atoms with Crippen molar-refractivity contribution in [3.63, 3.8) is 0 Å². The molecule has 3 rings (SSSR count). The van der Waals surface area contributed by atoms with E-state index >= 15 is 0 Å². The number of amides is 3. The summed E-state index contributed by atoms with van der Waals surface area (Å²) in [5.74, 6) is 0.530. The minimum Gasteiger partial charge on any atom is -0.497 e. The topological polar surface area (TPSA) is 96.7 Å². The Labute approximate surface area is 164 Å². The number of urea groups is 1. The van der Waals surface area contributed by atoms with Gasteiger partial charge in [-0.3, -0.25) is 4.79 Å². The molecule has 4 N–H and O–H groups in total. The number of carbonyl (C=O) groups excluding carboxylic acids is 2. The molecule has 0 aromatic heterocycles. The summed E-state index contributed by atoms with van der Waals surface area (Å²) in [6, 6.07) is 13.8. The largest absolute Gasteiger partial charge is 0.497 e. The molecule has 0 aliphatic carbocycles. The number of rotatable bonds is 4. The molecule has 2 aromatic carbocycles. The Balaban J connectivity index is 0.00000261. The number of anilines is 1. The molecule has 1 saturated heterocycles. The molecule has 3 amide bonds. The van der Waals surface area contributed by atoms with E-state index in [2.05, 4.69) is 10.6 Å². The first kappa shape index (κ1) is 20.5. The van der Waals surface area contributed by atoms with E-state index in [1.807, 2.05) is 12.1 Å². The van der Waals surface area contributed by atoms with Gasteiger partial charge in [0, 0.05) is 30.9 Å². The van der Waals surface area contributed by atoms with E-state index in [1.165, 1.54) is 0 Å². The van der Waals surface area contributed by atoms with E-state index in [9.17, 15) is 9.59 Å². The Morgan fingerprint density at radius 2 is 1.81 bits per heavy atom. The highest BCUT2D eigenvalue weighted by Gasteiger charge is 2.26. The van der Waals surface area contributed by atoms with Crippen LogP contribution in [0.4, 0.5) is 10.5 Å². The van der Waals surface area contributed by atoms with Crippen LogP contribution in [-0.2, 0) is 0 Å². The van der Waals surface area contributed by atoms with E-state index < -0.39 is 6.03 Å². The number of nitrogens with one attached hydrogen (secondary N) is 2. The number of methoxy groups -OCH3 is 1. The fourth-order valence-electron chi connectivity index (χ4n) is 3.00. The highest BCUT2D eigenvalue weighted by Crippen LogP contribution is 2.23. The summed E-state index contributed by atoms with van der Waals surface area (Å²) in [7, 11) is 1.59. The third kappa shape index (κ3) is 4.90. The summed E-state index contributed by atoms with van der Waals surface area (Å²) in [6.45, 7) is 1.93. The summed E-state index contributed by atoms with van der Waals surface area (Å²) in [4.78, 5) is 25.6. The molecule has 8 heteroatoms. The Bertz CT molecular complexity index is 781. The Hall–Kier alpha value is -2.77.